The van der Waals surface area contributed by atoms with Crippen molar-refractivity contribution in [3.05, 3.63) is 29.8 Å². The van der Waals surface area contributed by atoms with Gasteiger partial charge in [0.05, 0.1) is 0 Å². The van der Waals surface area contributed by atoms with Gasteiger partial charge < -0.3 is 10.4 Å². The highest BCUT2D eigenvalue weighted by Crippen LogP contribution is 2.14. The molecule has 3 nitrogen and oxygen atoms in total. The fraction of sp³-hybridized carbons (Fsp3) is 0.500. The summed E-state index contributed by atoms with van der Waals surface area (Å²) in [5.74, 6) is 0.280. The highest BCUT2D eigenvalue weighted by atomic mass is 32.2. The van der Waals surface area contributed by atoms with E-state index < -0.39 is 0 Å². The lowest BCUT2D eigenvalue weighted by Gasteiger charge is -2.08. The molecule has 0 heterocycles. The zero-order chi connectivity index (χ0) is 13.4. The van der Waals surface area contributed by atoms with Crippen molar-refractivity contribution < 1.29 is 9.90 Å². The van der Waals surface area contributed by atoms with Gasteiger partial charge in [0.25, 0.3) is 5.91 Å². The lowest BCUT2D eigenvalue weighted by molar-refractivity contribution is 0.0952. The third-order valence-electron chi connectivity index (χ3n) is 2.82. The van der Waals surface area contributed by atoms with Crippen LogP contribution >= 0.6 is 11.8 Å². The second-order valence-electron chi connectivity index (χ2n) is 4.41. The van der Waals surface area contributed by atoms with Crippen molar-refractivity contribution in [2.45, 2.75) is 24.7 Å². The molecular weight excluding hydrogens is 246 g/mol. The van der Waals surface area contributed by atoms with Crippen LogP contribution in [0.15, 0.2) is 29.2 Å². The van der Waals surface area contributed by atoms with Gasteiger partial charge in [-0.25, -0.2) is 0 Å². The Labute approximate surface area is 113 Å². The van der Waals surface area contributed by atoms with Crippen molar-refractivity contribution >= 4 is 17.7 Å². The Morgan fingerprint density at radius 3 is 2.61 bits per heavy atom. The molecule has 0 spiro atoms. The summed E-state index contributed by atoms with van der Waals surface area (Å²) in [6.45, 7) is 2.88. The van der Waals surface area contributed by atoms with E-state index >= 15 is 0 Å². The van der Waals surface area contributed by atoms with Gasteiger partial charge in [-0.1, -0.05) is 6.92 Å². The average molecular weight is 267 g/mol. The lowest BCUT2D eigenvalue weighted by atomic mass is 10.1. The molecule has 0 aliphatic carbocycles. The van der Waals surface area contributed by atoms with Crippen LogP contribution in [0.1, 0.15) is 30.1 Å². The predicted octanol–water partition coefficient (Wildman–Crippen LogP) is 2.55. The van der Waals surface area contributed by atoms with Crippen LogP contribution in [0.4, 0.5) is 0 Å². The van der Waals surface area contributed by atoms with Crippen LogP contribution in [0.2, 0.25) is 0 Å². The van der Waals surface area contributed by atoms with Gasteiger partial charge in [-0.05, 0) is 49.3 Å². The number of hydrogen-bond donors (Lipinski definition) is 2. The van der Waals surface area contributed by atoms with Crippen molar-refractivity contribution in [2.24, 2.45) is 5.92 Å². The van der Waals surface area contributed by atoms with Gasteiger partial charge in [-0.2, -0.15) is 0 Å². The van der Waals surface area contributed by atoms with E-state index in [2.05, 4.69) is 5.32 Å². The van der Waals surface area contributed by atoms with Crippen molar-refractivity contribution in [3.8, 4) is 0 Å². The van der Waals surface area contributed by atoms with E-state index in [9.17, 15) is 4.79 Å². The molecule has 0 radical (unpaired) electrons. The smallest absolute Gasteiger partial charge is 0.251 e. The monoisotopic (exact) mass is 267 g/mol. The first-order chi connectivity index (χ1) is 8.67. The third-order valence-corrected chi connectivity index (χ3v) is 3.57. The van der Waals surface area contributed by atoms with E-state index in [0.29, 0.717) is 18.0 Å². The second kappa shape index (κ2) is 8.16. The summed E-state index contributed by atoms with van der Waals surface area (Å²) in [4.78, 5) is 12.9. The molecule has 0 fully saturated rings. The maximum atomic E-state index is 11.8. The van der Waals surface area contributed by atoms with Crippen molar-refractivity contribution in [2.75, 3.05) is 19.4 Å². The molecule has 1 aromatic carbocycles. The summed E-state index contributed by atoms with van der Waals surface area (Å²) < 4.78 is 0. The van der Waals surface area contributed by atoms with Crippen molar-refractivity contribution in [3.63, 3.8) is 0 Å². The molecule has 1 amide bonds. The van der Waals surface area contributed by atoms with Crippen LogP contribution in [-0.4, -0.2) is 30.4 Å². The van der Waals surface area contributed by atoms with Crippen LogP contribution in [0.5, 0.6) is 0 Å². The van der Waals surface area contributed by atoms with E-state index in [4.69, 9.17) is 5.11 Å². The fourth-order valence-electron chi connectivity index (χ4n) is 1.59. The summed E-state index contributed by atoms with van der Waals surface area (Å²) in [5.41, 5.74) is 0.697. The predicted molar refractivity (Wildman–Crippen MR) is 76.0 cm³/mol. The summed E-state index contributed by atoms with van der Waals surface area (Å²) >= 11 is 1.66. The molecule has 1 unspecified atom stereocenters. The van der Waals surface area contributed by atoms with E-state index in [0.717, 1.165) is 17.7 Å². The topological polar surface area (TPSA) is 49.3 Å². The number of rotatable bonds is 7. The molecule has 100 valence electrons. The number of carbonyl (C=O) groups excluding carboxylic acids is 1. The maximum Gasteiger partial charge on any atom is 0.251 e. The van der Waals surface area contributed by atoms with Crippen LogP contribution in [0.3, 0.4) is 0 Å². The minimum absolute atomic E-state index is 0.0284. The Bertz CT molecular complexity index is 365. The lowest BCUT2D eigenvalue weighted by Crippen LogP contribution is -2.24. The van der Waals surface area contributed by atoms with Gasteiger partial charge in [0, 0.05) is 23.6 Å². The zero-order valence-corrected chi connectivity index (χ0v) is 11.8. The van der Waals surface area contributed by atoms with Crippen molar-refractivity contribution in [1.82, 2.24) is 5.32 Å². The van der Waals surface area contributed by atoms with Crippen LogP contribution in [-0.2, 0) is 0 Å². The first-order valence-electron chi connectivity index (χ1n) is 6.20. The molecule has 1 aromatic rings. The largest absolute Gasteiger partial charge is 0.396 e. The molecular formula is C14H21NO2S. The van der Waals surface area contributed by atoms with Gasteiger partial charge >= 0.3 is 0 Å². The molecule has 0 saturated heterocycles. The molecule has 0 aromatic heterocycles. The summed E-state index contributed by atoms with van der Waals surface area (Å²) in [6, 6.07) is 7.59. The number of hydrogen-bond acceptors (Lipinski definition) is 3. The minimum atomic E-state index is -0.0284. The SMILES string of the molecule is CSc1ccc(C(=O)NCCCC(C)CO)cc1. The van der Waals surface area contributed by atoms with Gasteiger partial charge in [-0.15, -0.1) is 11.8 Å². The molecule has 0 aliphatic rings. The minimum Gasteiger partial charge on any atom is -0.396 e. The molecule has 0 bridgehead atoms. The normalized spacial score (nSPS) is 12.2. The van der Waals surface area contributed by atoms with Crippen LogP contribution in [0, 0.1) is 5.92 Å². The number of carbonyl (C=O) groups is 1. The number of nitrogens with one attached hydrogen (secondary N) is 1. The Morgan fingerprint density at radius 1 is 1.39 bits per heavy atom. The van der Waals surface area contributed by atoms with Crippen molar-refractivity contribution in [1.29, 1.82) is 0 Å². The number of aliphatic hydroxyl groups excluding tert-OH is 1. The van der Waals surface area contributed by atoms with E-state index in [1.54, 1.807) is 11.8 Å². The number of thioether (sulfide) groups is 1. The number of amides is 1. The van der Waals surface area contributed by atoms with Gasteiger partial charge in [0.1, 0.15) is 0 Å². The van der Waals surface area contributed by atoms with E-state index in [1.807, 2.05) is 37.4 Å². The first-order valence-corrected chi connectivity index (χ1v) is 7.43. The second-order valence-corrected chi connectivity index (χ2v) is 5.29. The van der Waals surface area contributed by atoms with Crippen LogP contribution in [0.25, 0.3) is 0 Å². The summed E-state index contributed by atoms with van der Waals surface area (Å²) in [5, 5.41) is 11.8. The Hall–Kier alpha value is -1.00. The third kappa shape index (κ3) is 5.10. The Morgan fingerprint density at radius 2 is 2.06 bits per heavy atom. The molecule has 1 atom stereocenters. The Kier molecular flexibility index (Phi) is 6.83. The highest BCUT2D eigenvalue weighted by molar-refractivity contribution is 7.98. The fourth-order valence-corrected chi connectivity index (χ4v) is 2.00. The Balaban J connectivity index is 2.31. The van der Waals surface area contributed by atoms with Crippen LogP contribution < -0.4 is 5.32 Å². The van der Waals surface area contributed by atoms with E-state index in [-0.39, 0.29) is 12.5 Å². The highest BCUT2D eigenvalue weighted by Gasteiger charge is 2.05. The van der Waals surface area contributed by atoms with Gasteiger partial charge in [0.15, 0.2) is 0 Å². The summed E-state index contributed by atoms with van der Waals surface area (Å²) in [7, 11) is 0. The quantitative estimate of drug-likeness (QED) is 0.589. The first kappa shape index (κ1) is 15.1. The molecule has 0 saturated carbocycles. The average Bonchev–Trinajstić information content (AvgIpc) is 2.43. The number of benzene rings is 1. The number of aliphatic hydroxyl groups is 1. The van der Waals surface area contributed by atoms with E-state index in [1.165, 1.54) is 0 Å². The zero-order valence-electron chi connectivity index (χ0n) is 11.0. The molecule has 4 heteroatoms. The molecule has 2 N–H and O–H groups in total. The maximum absolute atomic E-state index is 11.8. The summed E-state index contributed by atoms with van der Waals surface area (Å²) in [6.07, 6.45) is 3.84. The molecule has 18 heavy (non-hydrogen) atoms. The molecule has 0 aliphatic heterocycles. The van der Waals surface area contributed by atoms with Gasteiger partial charge in [-0.3, -0.25) is 4.79 Å². The standard InChI is InChI=1S/C14H21NO2S/c1-11(10-16)4-3-9-15-14(17)12-5-7-13(18-2)8-6-12/h5-8,11,16H,3-4,9-10H2,1-2H3,(H,15,17). The molecule has 1 rings (SSSR count). The van der Waals surface area contributed by atoms with Gasteiger partial charge in [0.2, 0.25) is 0 Å².